The summed E-state index contributed by atoms with van der Waals surface area (Å²) >= 11 is 1.72. The Hall–Kier alpha value is 0.217. The van der Waals surface area contributed by atoms with E-state index in [1.165, 1.54) is 10.4 Å². The molecule has 2 nitrogen and oxygen atoms in total. The fraction of sp³-hybridized carbons (Fsp3) is 0.636. The van der Waals surface area contributed by atoms with Crippen molar-refractivity contribution < 1.29 is 28.3 Å². The van der Waals surface area contributed by atoms with Crippen LogP contribution < -0.4 is 18.9 Å². The SMILES string of the molecule is CCOC(Cc1[c-]csc1C)OCC.[Li+]. The van der Waals surface area contributed by atoms with Crippen LogP contribution in [0, 0.1) is 13.0 Å². The Bertz CT molecular complexity index is 257. The van der Waals surface area contributed by atoms with Crippen molar-refractivity contribution in [2.45, 2.75) is 33.5 Å². The van der Waals surface area contributed by atoms with Crippen LogP contribution in [0.4, 0.5) is 0 Å². The summed E-state index contributed by atoms with van der Waals surface area (Å²) in [6, 6.07) is 3.21. The Labute approximate surface area is 108 Å². The first-order valence-electron chi connectivity index (χ1n) is 4.95. The van der Waals surface area contributed by atoms with Gasteiger partial charge < -0.3 is 9.47 Å². The summed E-state index contributed by atoms with van der Waals surface area (Å²) in [7, 11) is 0. The molecule has 0 radical (unpaired) electrons. The topological polar surface area (TPSA) is 18.5 Å². The van der Waals surface area contributed by atoms with E-state index in [2.05, 4.69) is 13.0 Å². The Kier molecular flexibility index (Phi) is 8.50. The largest absolute Gasteiger partial charge is 1.00 e. The molecule has 0 saturated heterocycles. The molecule has 0 amide bonds. The summed E-state index contributed by atoms with van der Waals surface area (Å²) in [6.45, 7) is 7.44. The van der Waals surface area contributed by atoms with Gasteiger partial charge in [-0.1, -0.05) is 6.92 Å². The zero-order valence-electron chi connectivity index (χ0n) is 10.0. The fourth-order valence-corrected chi connectivity index (χ4v) is 1.93. The molecule has 0 N–H and O–H groups in total. The zero-order valence-corrected chi connectivity index (χ0v) is 10.8. The second kappa shape index (κ2) is 8.38. The van der Waals surface area contributed by atoms with E-state index in [1.54, 1.807) is 11.3 Å². The van der Waals surface area contributed by atoms with Crippen molar-refractivity contribution >= 4 is 11.3 Å². The predicted octanol–water partition coefficient (Wildman–Crippen LogP) is -0.198. The van der Waals surface area contributed by atoms with Gasteiger partial charge in [-0.15, -0.1) is 10.3 Å². The predicted molar refractivity (Wildman–Crippen MR) is 58.6 cm³/mol. The Morgan fingerprint density at radius 2 is 1.93 bits per heavy atom. The first-order chi connectivity index (χ1) is 6.77. The van der Waals surface area contributed by atoms with Gasteiger partial charge in [-0.25, -0.2) is 11.6 Å². The van der Waals surface area contributed by atoms with Crippen molar-refractivity contribution in [3.05, 3.63) is 21.9 Å². The van der Waals surface area contributed by atoms with Crippen molar-refractivity contribution in [3.63, 3.8) is 0 Å². The Morgan fingerprint density at radius 1 is 1.33 bits per heavy atom. The normalized spacial score (nSPS) is 10.4. The molecule has 0 aliphatic heterocycles. The minimum atomic E-state index is -0.116. The Morgan fingerprint density at radius 3 is 2.33 bits per heavy atom. The van der Waals surface area contributed by atoms with Crippen LogP contribution in [0.3, 0.4) is 0 Å². The maximum absolute atomic E-state index is 5.47. The van der Waals surface area contributed by atoms with Gasteiger partial charge in [0.05, 0.1) is 0 Å². The monoisotopic (exact) mass is 220 g/mol. The van der Waals surface area contributed by atoms with E-state index >= 15 is 0 Å². The number of hydrogen-bond donors (Lipinski definition) is 0. The van der Waals surface area contributed by atoms with E-state index in [0.717, 1.165) is 6.42 Å². The van der Waals surface area contributed by atoms with Crippen LogP contribution in [0.1, 0.15) is 24.3 Å². The molecule has 1 heterocycles. The number of aryl methyl sites for hydroxylation is 1. The van der Waals surface area contributed by atoms with Crippen molar-refractivity contribution in [1.29, 1.82) is 0 Å². The minimum Gasteiger partial charge on any atom is -0.353 e. The van der Waals surface area contributed by atoms with E-state index in [9.17, 15) is 0 Å². The standard InChI is InChI=1S/C11H17O2S.Li/c1-4-12-11(13-5-2)8-10-6-7-14-9(10)3;/h7,11H,4-5,8H2,1-3H3;/q-1;+1. The molecule has 0 aliphatic rings. The van der Waals surface area contributed by atoms with E-state index in [0.29, 0.717) is 13.2 Å². The third-order valence-electron chi connectivity index (χ3n) is 1.97. The fourth-order valence-electron chi connectivity index (χ4n) is 1.27. The Balaban J connectivity index is 0.00000196. The van der Waals surface area contributed by atoms with Crippen LogP contribution in [-0.2, 0) is 15.9 Å². The van der Waals surface area contributed by atoms with Gasteiger partial charge >= 0.3 is 18.9 Å². The van der Waals surface area contributed by atoms with E-state index in [-0.39, 0.29) is 25.2 Å². The van der Waals surface area contributed by atoms with Crippen LogP contribution in [0.2, 0.25) is 0 Å². The van der Waals surface area contributed by atoms with Crippen LogP contribution in [0.15, 0.2) is 5.38 Å². The summed E-state index contributed by atoms with van der Waals surface area (Å²) in [5, 5.41) is 1.99. The average Bonchev–Trinajstić information content (AvgIpc) is 2.53. The summed E-state index contributed by atoms with van der Waals surface area (Å²) in [5.74, 6) is 0. The smallest absolute Gasteiger partial charge is 0.353 e. The number of hydrogen-bond acceptors (Lipinski definition) is 3. The molecule has 0 unspecified atom stereocenters. The van der Waals surface area contributed by atoms with Gasteiger partial charge in [-0.2, -0.15) is 0 Å². The molecule has 0 atom stereocenters. The average molecular weight is 220 g/mol. The van der Waals surface area contributed by atoms with E-state index in [4.69, 9.17) is 9.47 Å². The van der Waals surface area contributed by atoms with Gasteiger partial charge in [-0.3, -0.25) is 11.3 Å². The van der Waals surface area contributed by atoms with Crippen molar-refractivity contribution in [2.75, 3.05) is 13.2 Å². The number of ether oxygens (including phenoxy) is 2. The third kappa shape index (κ3) is 5.19. The van der Waals surface area contributed by atoms with Gasteiger partial charge in [0.2, 0.25) is 0 Å². The zero-order chi connectivity index (χ0) is 10.4. The van der Waals surface area contributed by atoms with Crippen molar-refractivity contribution in [2.24, 2.45) is 0 Å². The van der Waals surface area contributed by atoms with Crippen LogP contribution in [0.5, 0.6) is 0 Å². The summed E-state index contributed by atoms with van der Waals surface area (Å²) in [6.07, 6.45) is 0.686. The van der Waals surface area contributed by atoms with Gasteiger partial charge in [0.15, 0.2) is 6.29 Å². The summed E-state index contributed by atoms with van der Waals surface area (Å²) in [5.41, 5.74) is 1.21. The number of rotatable bonds is 6. The maximum atomic E-state index is 5.47. The molecule has 80 valence electrons. The molecule has 1 rings (SSSR count). The molecular weight excluding hydrogens is 203 g/mol. The molecule has 15 heavy (non-hydrogen) atoms. The summed E-state index contributed by atoms with van der Waals surface area (Å²) in [4.78, 5) is 1.30. The number of thiophene rings is 1. The molecular formula is C11H17LiO2S. The van der Waals surface area contributed by atoms with E-state index in [1.807, 2.05) is 19.2 Å². The van der Waals surface area contributed by atoms with Gasteiger partial charge in [0, 0.05) is 13.2 Å². The molecule has 0 saturated carbocycles. The van der Waals surface area contributed by atoms with Gasteiger partial charge in [0.1, 0.15) is 0 Å². The van der Waals surface area contributed by atoms with Crippen LogP contribution in [-0.4, -0.2) is 19.5 Å². The van der Waals surface area contributed by atoms with E-state index < -0.39 is 0 Å². The molecule has 0 fully saturated rings. The molecule has 0 bridgehead atoms. The van der Waals surface area contributed by atoms with Crippen LogP contribution >= 0.6 is 11.3 Å². The first kappa shape index (κ1) is 15.2. The summed E-state index contributed by atoms with van der Waals surface area (Å²) < 4.78 is 10.9. The second-order valence-electron chi connectivity index (χ2n) is 2.96. The minimum absolute atomic E-state index is 0. The molecule has 0 spiro atoms. The maximum Gasteiger partial charge on any atom is 1.00 e. The molecule has 0 aliphatic carbocycles. The quantitative estimate of drug-likeness (QED) is 0.375. The molecule has 0 aromatic carbocycles. The van der Waals surface area contributed by atoms with Gasteiger partial charge in [0.25, 0.3) is 0 Å². The third-order valence-corrected chi connectivity index (χ3v) is 2.81. The second-order valence-corrected chi connectivity index (χ2v) is 4.04. The van der Waals surface area contributed by atoms with Crippen LogP contribution in [0.25, 0.3) is 0 Å². The van der Waals surface area contributed by atoms with Gasteiger partial charge in [-0.05, 0) is 20.3 Å². The molecule has 1 aromatic rings. The molecule has 1 aromatic heterocycles. The van der Waals surface area contributed by atoms with Crippen molar-refractivity contribution in [3.8, 4) is 0 Å². The van der Waals surface area contributed by atoms with Crippen molar-refractivity contribution in [1.82, 2.24) is 0 Å². The first-order valence-corrected chi connectivity index (χ1v) is 5.83. The molecule has 4 heteroatoms.